The third-order valence-corrected chi connectivity index (χ3v) is 2.81. The monoisotopic (exact) mass is 285 g/mol. The third kappa shape index (κ3) is 5.49. The standard InChI is InChI=1S/C14H20ClNO3/c1-3-4-8-18-13(17)10-19-14-11(9-16-2)6-5-7-12(14)15/h5-7,16H,3-4,8-10H2,1-2H3. The van der Waals surface area contributed by atoms with Gasteiger partial charge in [-0.1, -0.05) is 37.1 Å². The summed E-state index contributed by atoms with van der Waals surface area (Å²) in [5, 5.41) is 3.52. The topological polar surface area (TPSA) is 47.6 Å². The first-order valence-corrected chi connectivity index (χ1v) is 6.77. The second-order valence-electron chi connectivity index (χ2n) is 4.12. The number of unbranched alkanes of at least 4 members (excludes halogenated alkanes) is 1. The predicted molar refractivity (Wildman–Crippen MR) is 75.6 cm³/mol. The maximum atomic E-state index is 11.5. The Kier molecular flexibility index (Phi) is 7.30. The average molecular weight is 286 g/mol. The zero-order valence-electron chi connectivity index (χ0n) is 11.4. The van der Waals surface area contributed by atoms with Crippen LogP contribution in [0.2, 0.25) is 5.02 Å². The Labute approximate surface area is 119 Å². The largest absolute Gasteiger partial charge is 0.480 e. The molecule has 0 amide bonds. The Morgan fingerprint density at radius 2 is 2.21 bits per heavy atom. The fourth-order valence-corrected chi connectivity index (χ4v) is 1.80. The number of para-hydroxylation sites is 1. The average Bonchev–Trinajstić information content (AvgIpc) is 2.39. The summed E-state index contributed by atoms with van der Waals surface area (Å²) >= 11 is 6.07. The van der Waals surface area contributed by atoms with E-state index < -0.39 is 0 Å². The van der Waals surface area contributed by atoms with Crippen molar-refractivity contribution in [3.63, 3.8) is 0 Å². The van der Waals surface area contributed by atoms with Crippen LogP contribution >= 0.6 is 11.6 Å². The first-order chi connectivity index (χ1) is 9.19. The van der Waals surface area contributed by atoms with Gasteiger partial charge in [-0.3, -0.25) is 0 Å². The van der Waals surface area contributed by atoms with E-state index in [0.717, 1.165) is 18.4 Å². The molecule has 106 valence electrons. The molecule has 0 heterocycles. The van der Waals surface area contributed by atoms with Gasteiger partial charge in [-0.25, -0.2) is 4.79 Å². The Balaban J connectivity index is 2.54. The number of benzene rings is 1. The second-order valence-corrected chi connectivity index (χ2v) is 4.53. The molecular formula is C14H20ClNO3. The highest BCUT2D eigenvalue weighted by atomic mass is 35.5. The number of nitrogens with one attached hydrogen (secondary N) is 1. The summed E-state index contributed by atoms with van der Waals surface area (Å²) in [5.41, 5.74) is 0.913. The van der Waals surface area contributed by atoms with Crippen molar-refractivity contribution in [2.45, 2.75) is 26.3 Å². The van der Waals surface area contributed by atoms with Crippen LogP contribution in [0.15, 0.2) is 18.2 Å². The molecule has 0 atom stereocenters. The molecule has 1 N–H and O–H groups in total. The van der Waals surface area contributed by atoms with Crippen LogP contribution < -0.4 is 10.1 Å². The van der Waals surface area contributed by atoms with E-state index in [4.69, 9.17) is 21.1 Å². The van der Waals surface area contributed by atoms with E-state index in [1.165, 1.54) is 0 Å². The van der Waals surface area contributed by atoms with Gasteiger partial charge in [0.25, 0.3) is 0 Å². The molecule has 0 radical (unpaired) electrons. The van der Waals surface area contributed by atoms with Crippen molar-refractivity contribution in [1.82, 2.24) is 5.32 Å². The number of rotatable bonds is 8. The lowest BCUT2D eigenvalue weighted by Crippen LogP contribution is -2.17. The summed E-state index contributed by atoms with van der Waals surface area (Å²) in [7, 11) is 1.84. The number of halogens is 1. The number of hydrogen-bond acceptors (Lipinski definition) is 4. The van der Waals surface area contributed by atoms with E-state index in [1.807, 2.05) is 26.1 Å². The molecular weight excluding hydrogens is 266 g/mol. The fourth-order valence-electron chi connectivity index (χ4n) is 1.55. The van der Waals surface area contributed by atoms with Gasteiger partial charge in [-0.2, -0.15) is 0 Å². The molecule has 4 nitrogen and oxygen atoms in total. The number of carbonyl (C=O) groups excluding carboxylic acids is 1. The molecule has 0 unspecified atom stereocenters. The zero-order valence-corrected chi connectivity index (χ0v) is 12.1. The van der Waals surface area contributed by atoms with Crippen LogP contribution in [0.5, 0.6) is 5.75 Å². The lowest BCUT2D eigenvalue weighted by Gasteiger charge is -2.12. The number of carbonyl (C=O) groups is 1. The zero-order chi connectivity index (χ0) is 14.1. The van der Waals surface area contributed by atoms with Gasteiger partial charge in [-0.05, 0) is 19.5 Å². The van der Waals surface area contributed by atoms with Crippen LogP contribution in [0, 0.1) is 0 Å². The number of esters is 1. The van der Waals surface area contributed by atoms with E-state index in [2.05, 4.69) is 5.32 Å². The maximum Gasteiger partial charge on any atom is 0.344 e. The minimum Gasteiger partial charge on any atom is -0.480 e. The molecule has 0 aliphatic rings. The van der Waals surface area contributed by atoms with Crippen molar-refractivity contribution in [2.24, 2.45) is 0 Å². The summed E-state index contributed by atoms with van der Waals surface area (Å²) in [5.74, 6) is 0.162. The van der Waals surface area contributed by atoms with Gasteiger partial charge in [0.2, 0.25) is 0 Å². The maximum absolute atomic E-state index is 11.5. The van der Waals surface area contributed by atoms with Crippen molar-refractivity contribution in [3.05, 3.63) is 28.8 Å². The highest BCUT2D eigenvalue weighted by Gasteiger charge is 2.10. The summed E-state index contributed by atoms with van der Waals surface area (Å²) in [4.78, 5) is 11.5. The molecule has 0 bridgehead atoms. The molecule has 5 heteroatoms. The van der Waals surface area contributed by atoms with Crippen molar-refractivity contribution in [2.75, 3.05) is 20.3 Å². The van der Waals surface area contributed by atoms with Crippen LogP contribution in [0.1, 0.15) is 25.3 Å². The fraction of sp³-hybridized carbons (Fsp3) is 0.500. The lowest BCUT2D eigenvalue weighted by molar-refractivity contribution is -0.146. The smallest absolute Gasteiger partial charge is 0.344 e. The van der Waals surface area contributed by atoms with Crippen molar-refractivity contribution < 1.29 is 14.3 Å². The van der Waals surface area contributed by atoms with E-state index in [0.29, 0.717) is 23.9 Å². The van der Waals surface area contributed by atoms with Crippen LogP contribution in [0.3, 0.4) is 0 Å². The molecule has 0 spiro atoms. The van der Waals surface area contributed by atoms with Gasteiger partial charge in [0.1, 0.15) is 5.75 Å². The SMILES string of the molecule is CCCCOC(=O)COc1c(Cl)cccc1CNC. The van der Waals surface area contributed by atoms with E-state index in [1.54, 1.807) is 6.07 Å². The van der Waals surface area contributed by atoms with Crippen LogP contribution in [0.4, 0.5) is 0 Å². The van der Waals surface area contributed by atoms with Crippen LogP contribution in [-0.4, -0.2) is 26.2 Å². The molecule has 0 saturated carbocycles. The molecule has 1 rings (SSSR count). The Bertz CT molecular complexity index is 410. The van der Waals surface area contributed by atoms with Crippen molar-refractivity contribution >= 4 is 17.6 Å². The van der Waals surface area contributed by atoms with Crippen LogP contribution in [0.25, 0.3) is 0 Å². The quantitative estimate of drug-likeness (QED) is 0.589. The molecule has 1 aromatic carbocycles. The lowest BCUT2D eigenvalue weighted by atomic mass is 10.2. The van der Waals surface area contributed by atoms with Gasteiger partial charge in [0.05, 0.1) is 11.6 Å². The summed E-state index contributed by atoms with van der Waals surface area (Å²) in [6.07, 6.45) is 1.85. The van der Waals surface area contributed by atoms with Crippen molar-refractivity contribution in [3.8, 4) is 5.75 Å². The number of ether oxygens (including phenoxy) is 2. The van der Waals surface area contributed by atoms with Gasteiger partial charge < -0.3 is 14.8 Å². The molecule has 1 aromatic rings. The Morgan fingerprint density at radius 1 is 1.42 bits per heavy atom. The summed E-state index contributed by atoms with van der Waals surface area (Å²) in [6, 6.07) is 5.49. The van der Waals surface area contributed by atoms with Gasteiger partial charge in [0, 0.05) is 12.1 Å². The minimum absolute atomic E-state index is 0.121. The van der Waals surface area contributed by atoms with E-state index in [9.17, 15) is 4.79 Å². The van der Waals surface area contributed by atoms with E-state index >= 15 is 0 Å². The molecule has 0 aliphatic carbocycles. The first-order valence-electron chi connectivity index (χ1n) is 6.39. The third-order valence-electron chi connectivity index (χ3n) is 2.51. The molecule has 0 aromatic heterocycles. The highest BCUT2D eigenvalue weighted by molar-refractivity contribution is 6.32. The van der Waals surface area contributed by atoms with E-state index in [-0.39, 0.29) is 12.6 Å². The minimum atomic E-state index is -0.372. The highest BCUT2D eigenvalue weighted by Crippen LogP contribution is 2.28. The van der Waals surface area contributed by atoms with Gasteiger partial charge >= 0.3 is 5.97 Å². The van der Waals surface area contributed by atoms with Gasteiger partial charge in [0.15, 0.2) is 6.61 Å². The first kappa shape index (κ1) is 15.8. The molecule has 0 aliphatic heterocycles. The second kappa shape index (κ2) is 8.77. The summed E-state index contributed by atoms with van der Waals surface area (Å²) in [6.45, 7) is 2.98. The molecule has 19 heavy (non-hydrogen) atoms. The Morgan fingerprint density at radius 3 is 2.89 bits per heavy atom. The van der Waals surface area contributed by atoms with Gasteiger partial charge in [-0.15, -0.1) is 0 Å². The van der Waals surface area contributed by atoms with Crippen LogP contribution in [-0.2, 0) is 16.1 Å². The van der Waals surface area contributed by atoms with Crippen molar-refractivity contribution in [1.29, 1.82) is 0 Å². The number of hydrogen-bond donors (Lipinski definition) is 1. The molecule has 0 fully saturated rings. The molecule has 0 saturated heterocycles. The summed E-state index contributed by atoms with van der Waals surface area (Å²) < 4.78 is 10.5. The Hall–Kier alpha value is -1.26. The predicted octanol–water partition coefficient (Wildman–Crippen LogP) is 2.78. The normalized spacial score (nSPS) is 10.3.